The molecule has 2 N–H and O–H groups in total. The van der Waals surface area contributed by atoms with Gasteiger partial charge in [-0.25, -0.2) is 4.98 Å². The van der Waals surface area contributed by atoms with E-state index in [-0.39, 0.29) is 5.91 Å². The topological polar surface area (TPSA) is 97.2 Å². The maximum atomic E-state index is 11.9. The van der Waals surface area contributed by atoms with Gasteiger partial charge in [0.05, 0.1) is 36.7 Å². The van der Waals surface area contributed by atoms with Crippen molar-refractivity contribution in [2.75, 3.05) is 43.6 Å². The van der Waals surface area contributed by atoms with Gasteiger partial charge in [-0.05, 0) is 49.2 Å². The molecule has 9 heteroatoms. The highest BCUT2D eigenvalue weighted by Gasteiger charge is 2.26. The van der Waals surface area contributed by atoms with Crippen molar-refractivity contribution in [3.05, 3.63) is 60.3 Å². The lowest BCUT2D eigenvalue weighted by Crippen LogP contribution is -2.37. The van der Waals surface area contributed by atoms with E-state index in [1.165, 1.54) is 12.8 Å². The van der Waals surface area contributed by atoms with Gasteiger partial charge in [-0.2, -0.15) is 10.1 Å². The largest absolute Gasteiger partial charge is 0.378 e. The van der Waals surface area contributed by atoms with Crippen LogP contribution in [0.1, 0.15) is 29.2 Å². The van der Waals surface area contributed by atoms with Gasteiger partial charge in [-0.3, -0.25) is 9.48 Å². The molecular formula is C26H27N7O2. The van der Waals surface area contributed by atoms with Crippen LogP contribution in [0.5, 0.6) is 0 Å². The van der Waals surface area contributed by atoms with Crippen molar-refractivity contribution in [2.45, 2.75) is 18.9 Å². The second-order valence-electron chi connectivity index (χ2n) is 8.91. The van der Waals surface area contributed by atoms with Crippen molar-refractivity contribution in [3.8, 4) is 11.3 Å². The van der Waals surface area contributed by atoms with Crippen LogP contribution < -0.4 is 15.5 Å². The number of hydrogen-bond donors (Lipinski definition) is 2. The summed E-state index contributed by atoms with van der Waals surface area (Å²) in [6.07, 6.45) is 4.34. The molecule has 2 aromatic carbocycles. The molecule has 1 saturated carbocycles. The lowest BCUT2D eigenvalue weighted by Gasteiger charge is -2.27. The molecule has 35 heavy (non-hydrogen) atoms. The van der Waals surface area contributed by atoms with E-state index in [0.29, 0.717) is 36.6 Å². The zero-order chi connectivity index (χ0) is 23.8. The van der Waals surface area contributed by atoms with Gasteiger partial charge in [0.15, 0.2) is 0 Å². The molecule has 0 radical (unpaired) electrons. The number of nitrogens with zero attached hydrogens (tertiary/aromatic N) is 5. The van der Waals surface area contributed by atoms with Crippen LogP contribution in [-0.2, 0) is 4.74 Å². The highest BCUT2D eigenvalue weighted by molar-refractivity contribution is 5.94. The number of anilines is 3. The van der Waals surface area contributed by atoms with Gasteiger partial charge in [0.2, 0.25) is 5.95 Å². The molecule has 9 nitrogen and oxygen atoms in total. The van der Waals surface area contributed by atoms with Crippen LogP contribution in [0.4, 0.5) is 17.5 Å². The third-order valence-electron chi connectivity index (χ3n) is 6.44. The van der Waals surface area contributed by atoms with E-state index in [9.17, 15) is 4.79 Å². The van der Waals surface area contributed by atoms with Crippen molar-refractivity contribution in [3.63, 3.8) is 0 Å². The molecule has 2 aromatic heterocycles. The van der Waals surface area contributed by atoms with Gasteiger partial charge in [0, 0.05) is 48.4 Å². The molecule has 1 aliphatic carbocycles. The summed E-state index contributed by atoms with van der Waals surface area (Å²) in [5, 5.41) is 11.7. The molecule has 0 atom stereocenters. The first-order valence-electron chi connectivity index (χ1n) is 12.0. The Morgan fingerprint density at radius 1 is 1.03 bits per heavy atom. The van der Waals surface area contributed by atoms with E-state index in [0.717, 1.165) is 40.9 Å². The molecule has 0 bridgehead atoms. The molecule has 2 fully saturated rings. The Balaban J connectivity index is 1.35. The van der Waals surface area contributed by atoms with Crippen LogP contribution in [0.25, 0.3) is 22.2 Å². The monoisotopic (exact) mass is 469 g/mol. The normalized spacial score (nSPS) is 15.9. The summed E-state index contributed by atoms with van der Waals surface area (Å²) in [6.45, 7) is 2.81. The fraction of sp³-hybridized carbons (Fsp3) is 0.308. The SMILES string of the molecule is CNC(=O)c1ccc(Nc2cc(-c3ccc4c(cnn4C4CC4)c3)nc(N3CCOCC3)n2)cc1. The predicted molar refractivity (Wildman–Crippen MR) is 135 cm³/mol. The first kappa shape index (κ1) is 21.5. The lowest BCUT2D eigenvalue weighted by molar-refractivity contribution is 0.0963. The number of carbonyl (C=O) groups is 1. The van der Waals surface area contributed by atoms with E-state index in [2.05, 4.69) is 43.5 Å². The predicted octanol–water partition coefficient (Wildman–Crippen LogP) is 3.77. The summed E-state index contributed by atoms with van der Waals surface area (Å²) >= 11 is 0. The summed E-state index contributed by atoms with van der Waals surface area (Å²) < 4.78 is 7.65. The number of hydrogen-bond acceptors (Lipinski definition) is 7. The molecule has 0 spiro atoms. The molecule has 1 aliphatic heterocycles. The van der Waals surface area contributed by atoms with Crippen LogP contribution in [0, 0.1) is 0 Å². The Morgan fingerprint density at radius 2 is 1.83 bits per heavy atom. The maximum Gasteiger partial charge on any atom is 0.251 e. The fourth-order valence-electron chi connectivity index (χ4n) is 4.37. The number of nitrogens with one attached hydrogen (secondary N) is 2. The number of rotatable bonds is 6. The summed E-state index contributed by atoms with van der Waals surface area (Å²) in [7, 11) is 1.62. The van der Waals surface area contributed by atoms with E-state index in [1.54, 1.807) is 19.2 Å². The van der Waals surface area contributed by atoms with Gasteiger partial charge < -0.3 is 20.3 Å². The zero-order valence-electron chi connectivity index (χ0n) is 19.6. The molecule has 0 unspecified atom stereocenters. The Kier molecular flexibility index (Phi) is 5.54. The Labute approximate surface area is 203 Å². The number of amides is 1. The van der Waals surface area contributed by atoms with Crippen molar-refractivity contribution in [2.24, 2.45) is 0 Å². The van der Waals surface area contributed by atoms with Crippen LogP contribution in [0.15, 0.2) is 54.7 Å². The minimum absolute atomic E-state index is 0.115. The average molecular weight is 470 g/mol. The standard InChI is InChI=1S/C26H27N7O2/c1-27-25(34)17-2-5-20(6-3-17)29-24-15-22(30-26(31-24)32-10-12-35-13-11-32)18-4-9-23-19(14-18)16-28-33(23)21-7-8-21/h2-6,9,14-16,21H,7-8,10-13H2,1H3,(H,27,34)(H,29,30,31). The van der Waals surface area contributed by atoms with Crippen molar-refractivity contribution >= 4 is 34.3 Å². The van der Waals surface area contributed by atoms with E-state index >= 15 is 0 Å². The molecule has 2 aliphatic rings. The van der Waals surface area contributed by atoms with Crippen molar-refractivity contribution in [1.82, 2.24) is 25.1 Å². The minimum Gasteiger partial charge on any atom is -0.378 e. The van der Waals surface area contributed by atoms with Gasteiger partial charge in [-0.1, -0.05) is 6.07 Å². The van der Waals surface area contributed by atoms with Crippen LogP contribution in [-0.4, -0.2) is 59.0 Å². The number of aromatic nitrogens is 4. The second-order valence-corrected chi connectivity index (χ2v) is 8.91. The fourth-order valence-corrected chi connectivity index (χ4v) is 4.37. The summed E-state index contributed by atoms with van der Waals surface area (Å²) in [5.74, 6) is 1.25. The smallest absolute Gasteiger partial charge is 0.251 e. The Hall–Kier alpha value is -3.98. The van der Waals surface area contributed by atoms with E-state index in [4.69, 9.17) is 14.7 Å². The number of benzene rings is 2. The third-order valence-corrected chi connectivity index (χ3v) is 6.44. The minimum atomic E-state index is -0.115. The van der Waals surface area contributed by atoms with Gasteiger partial charge in [0.25, 0.3) is 5.91 Å². The highest BCUT2D eigenvalue weighted by Crippen LogP contribution is 2.37. The highest BCUT2D eigenvalue weighted by atomic mass is 16.5. The number of ether oxygens (including phenoxy) is 1. The van der Waals surface area contributed by atoms with Gasteiger partial charge in [-0.15, -0.1) is 0 Å². The Bertz CT molecular complexity index is 1370. The molecular weight excluding hydrogens is 442 g/mol. The third kappa shape index (κ3) is 4.42. The second kappa shape index (κ2) is 8.99. The van der Waals surface area contributed by atoms with Gasteiger partial charge in [0.1, 0.15) is 5.82 Å². The lowest BCUT2D eigenvalue weighted by atomic mass is 10.1. The van der Waals surface area contributed by atoms with E-state index < -0.39 is 0 Å². The maximum absolute atomic E-state index is 11.9. The number of fused-ring (bicyclic) bond motifs is 1. The Morgan fingerprint density at radius 3 is 2.57 bits per heavy atom. The average Bonchev–Trinajstić information content (AvgIpc) is 3.67. The van der Waals surface area contributed by atoms with Gasteiger partial charge >= 0.3 is 0 Å². The van der Waals surface area contributed by atoms with Crippen molar-refractivity contribution in [1.29, 1.82) is 0 Å². The quantitative estimate of drug-likeness (QED) is 0.444. The first-order valence-corrected chi connectivity index (χ1v) is 12.0. The molecule has 6 rings (SSSR count). The molecule has 1 saturated heterocycles. The summed E-state index contributed by atoms with van der Waals surface area (Å²) in [5.41, 5.74) is 4.47. The van der Waals surface area contributed by atoms with Crippen molar-refractivity contribution < 1.29 is 9.53 Å². The summed E-state index contributed by atoms with van der Waals surface area (Å²) in [6, 6.07) is 16.2. The van der Waals surface area contributed by atoms with E-state index in [1.807, 2.05) is 24.4 Å². The summed E-state index contributed by atoms with van der Waals surface area (Å²) in [4.78, 5) is 23.7. The molecule has 1 amide bonds. The van der Waals surface area contributed by atoms with Crippen LogP contribution in [0.3, 0.4) is 0 Å². The molecule has 4 aromatic rings. The molecule has 3 heterocycles. The van der Waals surface area contributed by atoms with Crippen LogP contribution >= 0.6 is 0 Å². The molecule has 178 valence electrons. The number of carbonyl (C=O) groups excluding carboxylic acids is 1. The van der Waals surface area contributed by atoms with Crippen LogP contribution in [0.2, 0.25) is 0 Å². The zero-order valence-corrected chi connectivity index (χ0v) is 19.6. The number of morpholine rings is 1. The first-order chi connectivity index (χ1) is 17.2.